The maximum absolute atomic E-state index is 10.5. The summed E-state index contributed by atoms with van der Waals surface area (Å²) in [6, 6.07) is 15.7. The van der Waals surface area contributed by atoms with Crippen LogP contribution >= 0.6 is 51.5 Å². The highest BCUT2D eigenvalue weighted by molar-refractivity contribution is 9.10. The van der Waals surface area contributed by atoms with Crippen molar-refractivity contribution in [2.24, 2.45) is 5.84 Å². The van der Waals surface area contributed by atoms with Gasteiger partial charge in [0, 0.05) is 21.1 Å². The molecule has 2 rings (SSSR count). The Balaban J connectivity index is 0. The number of carbonyl (C=O) groups excluding carboxylic acids is 2. The Labute approximate surface area is 178 Å². The lowest BCUT2D eigenvalue weighted by atomic mass is 10.1. The largest absolute Gasteiger partial charge is 0.276 e. The van der Waals surface area contributed by atoms with Gasteiger partial charge in [0.25, 0.3) is 10.5 Å². The molecule has 0 saturated carbocycles. The average molecular weight is 485 g/mol. The molecule has 0 heterocycles. The predicted molar refractivity (Wildman–Crippen MR) is 115 cm³/mol. The van der Waals surface area contributed by atoms with E-state index in [0.717, 1.165) is 4.47 Å². The zero-order valence-corrected chi connectivity index (χ0v) is 18.5. The Hall–Kier alpha value is -0.950. The minimum atomic E-state index is -0.429. The van der Waals surface area contributed by atoms with Gasteiger partial charge in [-0.05, 0) is 56.1 Å². The number of rotatable bonds is 2. The van der Waals surface area contributed by atoms with Gasteiger partial charge in [0.1, 0.15) is 0 Å². The van der Waals surface area contributed by atoms with Crippen LogP contribution in [-0.4, -0.2) is 16.0 Å². The third-order valence-electron chi connectivity index (χ3n) is 2.49. The highest BCUT2D eigenvalue weighted by atomic mass is 79.9. The molecular formula is C18H22BrCl3N2O2. The average Bonchev–Trinajstić information content (AvgIpc) is 2.56. The second-order valence-electron chi connectivity index (χ2n) is 5.82. The topological polar surface area (TPSA) is 72.2 Å². The zero-order chi connectivity index (χ0) is 19.5. The SMILES string of the molecule is CC(C)(C)NN.Cl.O=C(Cl)c1cccc(Br)c1.O=C(Cl)c1ccccc1. The molecule has 4 nitrogen and oxygen atoms in total. The van der Waals surface area contributed by atoms with E-state index in [1.54, 1.807) is 42.5 Å². The summed E-state index contributed by atoms with van der Waals surface area (Å²) in [7, 11) is 0. The van der Waals surface area contributed by atoms with Gasteiger partial charge in [-0.3, -0.25) is 20.9 Å². The fourth-order valence-corrected chi connectivity index (χ4v) is 1.82. The number of hydrazine groups is 1. The summed E-state index contributed by atoms with van der Waals surface area (Å²) < 4.78 is 0.860. The second kappa shape index (κ2) is 14.2. The first-order valence-corrected chi connectivity index (χ1v) is 8.79. The molecule has 8 heteroatoms. The number of hydrogen-bond donors (Lipinski definition) is 2. The van der Waals surface area contributed by atoms with E-state index >= 15 is 0 Å². The molecule has 3 N–H and O–H groups in total. The van der Waals surface area contributed by atoms with Crippen LogP contribution in [0.4, 0.5) is 0 Å². The standard InChI is InChI=1S/C7H4BrClO.C7H5ClO.C4H12N2.ClH/c8-6-3-1-2-5(4-6)7(9)10;8-7(9)6-4-2-1-3-5-6;1-4(2,3)6-5;/h1-4H;1-5H;6H,5H2,1-3H3;1H. The first kappa shape index (κ1) is 27.3. The Morgan fingerprint density at radius 2 is 1.35 bits per heavy atom. The molecule has 0 spiro atoms. The minimum absolute atomic E-state index is 0. The van der Waals surface area contributed by atoms with Gasteiger partial charge in [-0.25, -0.2) is 0 Å². The maximum atomic E-state index is 10.5. The van der Waals surface area contributed by atoms with Crippen LogP contribution in [-0.2, 0) is 0 Å². The highest BCUT2D eigenvalue weighted by Crippen LogP contribution is 2.12. The molecule has 0 amide bonds. The number of nitrogens with one attached hydrogen (secondary N) is 1. The molecule has 26 heavy (non-hydrogen) atoms. The van der Waals surface area contributed by atoms with Gasteiger partial charge in [-0.2, -0.15) is 0 Å². The van der Waals surface area contributed by atoms with Gasteiger partial charge >= 0.3 is 0 Å². The number of halogens is 4. The van der Waals surface area contributed by atoms with Crippen molar-refractivity contribution >= 4 is 62.0 Å². The predicted octanol–water partition coefficient (Wildman–Crippen LogP) is 5.56. The van der Waals surface area contributed by atoms with Crippen LogP contribution in [0.25, 0.3) is 0 Å². The molecule has 2 aromatic rings. The third kappa shape index (κ3) is 14.2. The zero-order valence-electron chi connectivity index (χ0n) is 14.6. The summed E-state index contributed by atoms with van der Waals surface area (Å²) in [4.78, 5) is 21.0. The number of hydrogen-bond acceptors (Lipinski definition) is 4. The molecule has 0 aliphatic carbocycles. The molecule has 0 aliphatic heterocycles. The molecule has 0 fully saturated rings. The van der Waals surface area contributed by atoms with Gasteiger partial charge in [-0.1, -0.05) is 58.4 Å². The smallest absolute Gasteiger partial charge is 0.252 e. The third-order valence-corrected chi connectivity index (χ3v) is 3.42. The van der Waals surface area contributed by atoms with Crippen LogP contribution in [0.3, 0.4) is 0 Å². The molecule has 0 atom stereocenters. The Bertz CT molecular complexity index is 678. The summed E-state index contributed by atoms with van der Waals surface area (Å²) in [5.74, 6) is 5.06. The van der Waals surface area contributed by atoms with Crippen molar-refractivity contribution in [3.63, 3.8) is 0 Å². The molecule has 0 aromatic heterocycles. The summed E-state index contributed by atoms with van der Waals surface area (Å²) in [6.45, 7) is 6.02. The molecule has 0 saturated heterocycles. The van der Waals surface area contributed by atoms with E-state index in [9.17, 15) is 9.59 Å². The van der Waals surface area contributed by atoms with Crippen molar-refractivity contribution in [2.75, 3.05) is 0 Å². The molecule has 0 unspecified atom stereocenters. The van der Waals surface area contributed by atoms with Gasteiger partial charge in [0.05, 0.1) is 0 Å². The van der Waals surface area contributed by atoms with Gasteiger partial charge in [0.2, 0.25) is 0 Å². The quantitative estimate of drug-likeness (QED) is 0.332. The van der Waals surface area contributed by atoms with Crippen molar-refractivity contribution in [3.8, 4) is 0 Å². The van der Waals surface area contributed by atoms with E-state index in [1.165, 1.54) is 0 Å². The van der Waals surface area contributed by atoms with Gasteiger partial charge in [0.15, 0.2) is 0 Å². The Morgan fingerprint density at radius 1 is 0.923 bits per heavy atom. The summed E-state index contributed by atoms with van der Waals surface area (Å²) in [5.41, 5.74) is 3.72. The molecular weight excluding hydrogens is 462 g/mol. The summed E-state index contributed by atoms with van der Waals surface area (Å²) in [6.07, 6.45) is 0. The van der Waals surface area contributed by atoms with E-state index in [4.69, 9.17) is 29.0 Å². The maximum Gasteiger partial charge on any atom is 0.252 e. The van der Waals surface area contributed by atoms with Gasteiger partial charge < -0.3 is 0 Å². The van der Waals surface area contributed by atoms with Crippen LogP contribution in [0.1, 0.15) is 41.5 Å². The lowest BCUT2D eigenvalue weighted by molar-refractivity contribution is 0.107. The minimum Gasteiger partial charge on any atom is -0.276 e. The van der Waals surface area contributed by atoms with Gasteiger partial charge in [-0.15, -0.1) is 12.4 Å². The van der Waals surface area contributed by atoms with Crippen molar-refractivity contribution in [3.05, 3.63) is 70.2 Å². The molecule has 2 aromatic carbocycles. The van der Waals surface area contributed by atoms with E-state index in [-0.39, 0.29) is 17.9 Å². The fraction of sp³-hybridized carbons (Fsp3) is 0.222. The Morgan fingerprint density at radius 3 is 1.62 bits per heavy atom. The van der Waals surface area contributed by atoms with Crippen LogP contribution in [0.15, 0.2) is 59.1 Å². The van der Waals surface area contributed by atoms with Crippen molar-refractivity contribution in [1.82, 2.24) is 5.43 Å². The second-order valence-corrected chi connectivity index (χ2v) is 7.42. The lowest BCUT2D eigenvalue weighted by Crippen LogP contribution is -2.41. The normalized spacial score (nSPS) is 9.50. The van der Waals surface area contributed by atoms with Crippen LogP contribution in [0, 0.1) is 0 Å². The molecule has 144 valence electrons. The van der Waals surface area contributed by atoms with E-state index in [2.05, 4.69) is 21.4 Å². The van der Waals surface area contributed by atoms with E-state index < -0.39 is 10.5 Å². The number of carbonyl (C=O) groups is 2. The van der Waals surface area contributed by atoms with Crippen molar-refractivity contribution < 1.29 is 9.59 Å². The first-order valence-electron chi connectivity index (χ1n) is 7.25. The fourth-order valence-electron chi connectivity index (χ4n) is 1.18. The van der Waals surface area contributed by atoms with E-state index in [1.807, 2.05) is 32.9 Å². The summed E-state index contributed by atoms with van der Waals surface area (Å²) >= 11 is 13.6. The lowest BCUT2D eigenvalue weighted by Gasteiger charge is -2.14. The highest BCUT2D eigenvalue weighted by Gasteiger charge is 2.02. The Kier molecular flexibility index (Phi) is 14.8. The number of benzene rings is 2. The van der Waals surface area contributed by atoms with Crippen molar-refractivity contribution in [1.29, 1.82) is 0 Å². The molecule has 0 radical (unpaired) electrons. The molecule has 0 bridgehead atoms. The summed E-state index contributed by atoms with van der Waals surface area (Å²) in [5, 5.41) is -0.836. The van der Waals surface area contributed by atoms with Crippen LogP contribution in [0.5, 0.6) is 0 Å². The monoisotopic (exact) mass is 482 g/mol. The van der Waals surface area contributed by atoms with Crippen molar-refractivity contribution in [2.45, 2.75) is 26.3 Å². The van der Waals surface area contributed by atoms with Crippen LogP contribution in [0.2, 0.25) is 0 Å². The number of nitrogens with two attached hydrogens (primary N) is 1. The molecule has 0 aliphatic rings. The first-order chi connectivity index (χ1) is 11.6. The van der Waals surface area contributed by atoms with E-state index in [0.29, 0.717) is 11.1 Å². The van der Waals surface area contributed by atoms with Crippen LogP contribution < -0.4 is 11.3 Å².